The lowest BCUT2D eigenvalue weighted by atomic mass is 10.3. The molecule has 0 unspecified atom stereocenters. The molecule has 0 saturated carbocycles. The minimum Gasteiger partial charge on any atom is -0.491 e. The molecule has 1 rings (SSSR count). The summed E-state index contributed by atoms with van der Waals surface area (Å²) < 4.78 is 11.1. The van der Waals surface area contributed by atoms with E-state index in [0.29, 0.717) is 24.6 Å². The molecule has 0 fully saturated rings. The van der Waals surface area contributed by atoms with Gasteiger partial charge in [0, 0.05) is 6.07 Å². The molecule has 22 heavy (non-hydrogen) atoms. The number of aliphatic hydroxyl groups is 2. The van der Waals surface area contributed by atoms with Crippen molar-refractivity contribution in [3.8, 4) is 11.5 Å². The van der Waals surface area contributed by atoms with Gasteiger partial charge in [-0.2, -0.15) is 0 Å². The van der Waals surface area contributed by atoms with Crippen LogP contribution < -0.4 is 19.3 Å². The van der Waals surface area contributed by atoms with Crippen molar-refractivity contribution >= 4 is 0 Å². The van der Waals surface area contributed by atoms with Crippen LogP contribution in [0, 0.1) is 0 Å². The van der Waals surface area contributed by atoms with Crippen molar-refractivity contribution in [2.24, 2.45) is 0 Å². The summed E-state index contributed by atoms with van der Waals surface area (Å²) in [7, 11) is 7.94. The van der Waals surface area contributed by atoms with Gasteiger partial charge >= 0.3 is 0 Å². The average molecular weight is 314 g/mol. The number of ether oxygens (including phenoxy) is 2. The minimum absolute atomic E-state index is 0.251. The quantitative estimate of drug-likeness (QED) is 0.384. The van der Waals surface area contributed by atoms with Crippen LogP contribution in [0.3, 0.4) is 0 Å². The topological polar surface area (TPSA) is 67.8 Å². The Balaban J connectivity index is 2.41. The molecule has 6 nitrogen and oxygen atoms in total. The number of hydrogen-bond donors (Lipinski definition) is 4. The Morgan fingerprint density at radius 1 is 0.864 bits per heavy atom. The van der Waals surface area contributed by atoms with Gasteiger partial charge in [-0.25, -0.2) is 0 Å². The summed E-state index contributed by atoms with van der Waals surface area (Å²) in [6.07, 6.45) is -1.00. The first kappa shape index (κ1) is 18.7. The first-order chi connectivity index (χ1) is 10.4. The zero-order valence-corrected chi connectivity index (χ0v) is 14.0. The van der Waals surface area contributed by atoms with Gasteiger partial charge in [0.05, 0.1) is 28.2 Å². The molecule has 0 amide bonds. The Labute approximate surface area is 132 Å². The molecular formula is C16H30N2O4+2. The molecule has 126 valence electrons. The fourth-order valence-corrected chi connectivity index (χ4v) is 2.10. The third-order valence-electron chi connectivity index (χ3n) is 2.98. The molecule has 1 aromatic carbocycles. The van der Waals surface area contributed by atoms with Crippen molar-refractivity contribution in [3.63, 3.8) is 0 Å². The summed E-state index contributed by atoms with van der Waals surface area (Å²) in [5.41, 5.74) is 0. The maximum Gasteiger partial charge on any atom is 0.137 e. The first-order valence-corrected chi connectivity index (χ1v) is 7.66. The van der Waals surface area contributed by atoms with Crippen molar-refractivity contribution in [2.75, 3.05) is 54.5 Å². The van der Waals surface area contributed by atoms with Crippen LogP contribution in [-0.4, -0.2) is 76.9 Å². The van der Waals surface area contributed by atoms with Crippen molar-refractivity contribution in [3.05, 3.63) is 24.3 Å². The summed E-state index contributed by atoms with van der Waals surface area (Å²) in [6.45, 7) is 1.77. The Bertz CT molecular complexity index is 391. The molecular weight excluding hydrogens is 284 g/mol. The van der Waals surface area contributed by atoms with E-state index < -0.39 is 12.2 Å². The van der Waals surface area contributed by atoms with Gasteiger partial charge in [-0.3, -0.25) is 0 Å². The van der Waals surface area contributed by atoms with Crippen LogP contribution >= 0.6 is 0 Å². The number of quaternary nitrogens is 2. The summed E-state index contributed by atoms with van der Waals surface area (Å²) in [5, 5.41) is 19.6. The third-order valence-corrected chi connectivity index (χ3v) is 2.98. The van der Waals surface area contributed by atoms with Gasteiger partial charge in [0.1, 0.15) is 50.0 Å². The van der Waals surface area contributed by atoms with Crippen LogP contribution in [0.2, 0.25) is 0 Å². The van der Waals surface area contributed by atoms with Crippen molar-refractivity contribution in [2.45, 2.75) is 12.2 Å². The van der Waals surface area contributed by atoms with Gasteiger partial charge in [0.2, 0.25) is 0 Å². The monoisotopic (exact) mass is 314 g/mol. The molecule has 0 saturated heterocycles. The second-order valence-electron chi connectivity index (χ2n) is 6.23. The lowest BCUT2D eigenvalue weighted by Crippen LogP contribution is -3.07. The highest BCUT2D eigenvalue weighted by atomic mass is 16.5. The molecule has 4 N–H and O–H groups in total. The van der Waals surface area contributed by atoms with Crippen LogP contribution in [0.1, 0.15) is 0 Å². The number of aliphatic hydroxyl groups excluding tert-OH is 2. The lowest BCUT2D eigenvalue weighted by molar-refractivity contribution is -0.861. The highest BCUT2D eigenvalue weighted by Crippen LogP contribution is 2.19. The molecule has 0 aliphatic heterocycles. The largest absolute Gasteiger partial charge is 0.491 e. The predicted molar refractivity (Wildman–Crippen MR) is 84.8 cm³/mol. The summed E-state index contributed by atoms with van der Waals surface area (Å²) in [5.74, 6) is 1.30. The van der Waals surface area contributed by atoms with Crippen LogP contribution in [0.5, 0.6) is 11.5 Å². The second-order valence-corrected chi connectivity index (χ2v) is 6.23. The second kappa shape index (κ2) is 9.63. The highest BCUT2D eigenvalue weighted by molar-refractivity contribution is 5.32. The van der Waals surface area contributed by atoms with Crippen molar-refractivity contribution < 1.29 is 29.5 Å². The Morgan fingerprint density at radius 2 is 1.27 bits per heavy atom. The summed E-state index contributed by atoms with van der Waals surface area (Å²) >= 11 is 0. The van der Waals surface area contributed by atoms with E-state index in [1.54, 1.807) is 6.07 Å². The maximum atomic E-state index is 9.80. The number of hydrogen-bond acceptors (Lipinski definition) is 4. The van der Waals surface area contributed by atoms with Gasteiger partial charge in [0.25, 0.3) is 0 Å². The number of nitrogens with one attached hydrogen (secondary N) is 2. The molecule has 0 aliphatic rings. The van der Waals surface area contributed by atoms with Gasteiger partial charge in [-0.05, 0) is 12.1 Å². The van der Waals surface area contributed by atoms with Gasteiger partial charge in [-0.1, -0.05) is 6.07 Å². The number of rotatable bonds is 10. The Morgan fingerprint density at radius 3 is 1.64 bits per heavy atom. The van der Waals surface area contributed by atoms with Crippen LogP contribution in [0.25, 0.3) is 0 Å². The fraction of sp³-hybridized carbons (Fsp3) is 0.625. The van der Waals surface area contributed by atoms with E-state index in [-0.39, 0.29) is 13.2 Å². The maximum absolute atomic E-state index is 9.80. The average Bonchev–Trinajstić information content (AvgIpc) is 2.42. The normalized spacial score (nSPS) is 14.2. The first-order valence-electron chi connectivity index (χ1n) is 7.66. The molecule has 6 heteroatoms. The van der Waals surface area contributed by atoms with Crippen LogP contribution in [-0.2, 0) is 0 Å². The van der Waals surface area contributed by atoms with Gasteiger partial charge < -0.3 is 29.5 Å². The van der Waals surface area contributed by atoms with Gasteiger partial charge in [-0.15, -0.1) is 0 Å². The zero-order valence-electron chi connectivity index (χ0n) is 14.0. The smallest absolute Gasteiger partial charge is 0.137 e. The molecule has 0 radical (unpaired) electrons. The van der Waals surface area contributed by atoms with E-state index in [2.05, 4.69) is 0 Å². The fourth-order valence-electron chi connectivity index (χ4n) is 2.10. The van der Waals surface area contributed by atoms with E-state index in [1.165, 1.54) is 9.80 Å². The van der Waals surface area contributed by atoms with E-state index in [1.807, 2.05) is 46.4 Å². The predicted octanol–water partition coefficient (Wildman–Crippen LogP) is -2.54. The zero-order chi connectivity index (χ0) is 16.5. The van der Waals surface area contributed by atoms with Crippen molar-refractivity contribution in [1.29, 1.82) is 0 Å². The third kappa shape index (κ3) is 8.19. The lowest BCUT2D eigenvalue weighted by Gasteiger charge is -2.16. The van der Waals surface area contributed by atoms with Gasteiger partial charge in [0.15, 0.2) is 0 Å². The van der Waals surface area contributed by atoms with Crippen molar-refractivity contribution in [1.82, 2.24) is 0 Å². The van der Waals surface area contributed by atoms with E-state index in [9.17, 15) is 10.2 Å². The number of benzene rings is 1. The van der Waals surface area contributed by atoms with E-state index in [0.717, 1.165) is 0 Å². The van der Waals surface area contributed by atoms with E-state index >= 15 is 0 Å². The molecule has 0 aliphatic carbocycles. The highest BCUT2D eigenvalue weighted by Gasteiger charge is 2.11. The Kier molecular flexibility index (Phi) is 8.19. The summed E-state index contributed by atoms with van der Waals surface area (Å²) in [4.78, 5) is 2.34. The standard InChI is InChI=1S/C16H28N2O4/c1-17(2)9-13(19)11-21-15-6-5-7-16(8-15)22-12-14(20)10-18(3)4/h5-8,13-14,19-20H,9-12H2,1-4H3/p+2/t13-,14-/m1/s1. The van der Waals surface area contributed by atoms with E-state index in [4.69, 9.17) is 9.47 Å². The van der Waals surface area contributed by atoms with Crippen LogP contribution in [0.15, 0.2) is 24.3 Å². The van der Waals surface area contributed by atoms with Crippen LogP contribution in [0.4, 0.5) is 0 Å². The molecule has 0 heterocycles. The summed E-state index contributed by atoms with van der Waals surface area (Å²) in [6, 6.07) is 7.24. The molecule has 0 bridgehead atoms. The molecule has 2 atom stereocenters. The minimum atomic E-state index is -0.500. The number of likely N-dealkylation sites (N-methyl/N-ethyl adjacent to an activating group) is 2. The Hall–Kier alpha value is -1.34. The molecule has 0 spiro atoms. The molecule has 1 aromatic rings. The molecule has 0 aromatic heterocycles. The SMILES string of the molecule is C[NH+](C)C[C@@H](O)COc1cccc(OC[C@H](O)C[NH+](C)C)c1.